The fourth-order valence-electron chi connectivity index (χ4n) is 0.887. The van der Waals surface area contributed by atoms with Crippen LogP contribution in [0.1, 0.15) is 0 Å². The molecule has 56 valence electrons. The summed E-state index contributed by atoms with van der Waals surface area (Å²) in [4.78, 5) is 7.73. The van der Waals surface area contributed by atoms with Crippen molar-refractivity contribution in [2.75, 3.05) is 0 Å². The van der Waals surface area contributed by atoms with E-state index in [0.29, 0.717) is 0 Å². The second-order valence-electron chi connectivity index (χ2n) is 2.09. The SMILES string of the molecule is O=S1(=O)C=CN=C2N=CC=C21. The van der Waals surface area contributed by atoms with E-state index in [2.05, 4.69) is 9.98 Å². The molecular formula is C6H4N2O2S. The van der Waals surface area contributed by atoms with Gasteiger partial charge in [-0.1, -0.05) is 0 Å². The highest BCUT2D eigenvalue weighted by Gasteiger charge is 2.24. The molecule has 2 rings (SSSR count). The molecule has 2 aliphatic heterocycles. The summed E-state index contributed by atoms with van der Waals surface area (Å²) in [5.74, 6) is 0.285. The Morgan fingerprint density at radius 1 is 1.36 bits per heavy atom. The normalized spacial score (nSPS) is 24.4. The van der Waals surface area contributed by atoms with Gasteiger partial charge in [0.2, 0.25) is 9.84 Å². The van der Waals surface area contributed by atoms with Crippen molar-refractivity contribution in [2.24, 2.45) is 9.98 Å². The summed E-state index contributed by atoms with van der Waals surface area (Å²) in [6, 6.07) is 0. The van der Waals surface area contributed by atoms with Crippen LogP contribution in [0.15, 0.2) is 32.6 Å². The molecule has 0 aromatic carbocycles. The second kappa shape index (κ2) is 1.88. The van der Waals surface area contributed by atoms with Crippen LogP contribution in [-0.4, -0.2) is 20.5 Å². The van der Waals surface area contributed by atoms with Gasteiger partial charge in [-0.15, -0.1) is 0 Å². The fourth-order valence-corrected chi connectivity index (χ4v) is 1.87. The third-order valence-electron chi connectivity index (χ3n) is 1.39. The van der Waals surface area contributed by atoms with Gasteiger partial charge >= 0.3 is 0 Å². The first-order valence-electron chi connectivity index (χ1n) is 2.94. The van der Waals surface area contributed by atoms with E-state index in [1.54, 1.807) is 0 Å². The highest BCUT2D eigenvalue weighted by Crippen LogP contribution is 2.19. The topological polar surface area (TPSA) is 58.9 Å². The number of rotatable bonds is 0. The molecule has 2 heterocycles. The fraction of sp³-hybridized carbons (Fsp3) is 0. The van der Waals surface area contributed by atoms with E-state index in [0.717, 1.165) is 5.41 Å². The van der Waals surface area contributed by atoms with Gasteiger partial charge < -0.3 is 0 Å². The van der Waals surface area contributed by atoms with Crippen molar-refractivity contribution in [3.8, 4) is 0 Å². The van der Waals surface area contributed by atoms with Gasteiger partial charge in [0.1, 0.15) is 4.91 Å². The van der Waals surface area contributed by atoms with E-state index in [4.69, 9.17) is 0 Å². The van der Waals surface area contributed by atoms with Crippen LogP contribution in [0.4, 0.5) is 0 Å². The first-order valence-corrected chi connectivity index (χ1v) is 4.49. The van der Waals surface area contributed by atoms with Crippen LogP contribution in [0, 0.1) is 0 Å². The maximum atomic E-state index is 11.1. The minimum atomic E-state index is -3.24. The van der Waals surface area contributed by atoms with Gasteiger partial charge in [0.25, 0.3) is 0 Å². The first-order chi connectivity index (χ1) is 5.20. The molecule has 0 bridgehead atoms. The molecular weight excluding hydrogens is 164 g/mol. The molecule has 0 aromatic rings. The van der Waals surface area contributed by atoms with E-state index in [9.17, 15) is 8.42 Å². The van der Waals surface area contributed by atoms with Crippen LogP contribution in [0.2, 0.25) is 0 Å². The molecule has 0 radical (unpaired) electrons. The van der Waals surface area contributed by atoms with Crippen molar-refractivity contribution in [3.63, 3.8) is 0 Å². The number of nitrogens with zero attached hydrogens (tertiary/aromatic N) is 2. The van der Waals surface area contributed by atoms with Gasteiger partial charge in [-0.25, -0.2) is 18.4 Å². The van der Waals surface area contributed by atoms with Crippen LogP contribution in [0.5, 0.6) is 0 Å². The quantitative estimate of drug-likeness (QED) is 0.520. The summed E-state index contributed by atoms with van der Waals surface area (Å²) in [6.45, 7) is 0. The lowest BCUT2D eigenvalue weighted by Crippen LogP contribution is -2.09. The minimum absolute atomic E-state index is 0.194. The Morgan fingerprint density at radius 2 is 2.18 bits per heavy atom. The lowest BCUT2D eigenvalue weighted by Gasteiger charge is -2.02. The Balaban J connectivity index is 2.69. The maximum Gasteiger partial charge on any atom is 0.205 e. The molecule has 0 amide bonds. The molecule has 5 heteroatoms. The van der Waals surface area contributed by atoms with Crippen LogP contribution in [-0.2, 0) is 9.84 Å². The zero-order valence-electron chi connectivity index (χ0n) is 5.43. The number of hydrogen-bond donors (Lipinski definition) is 0. The van der Waals surface area contributed by atoms with Crippen LogP contribution < -0.4 is 0 Å². The van der Waals surface area contributed by atoms with Crippen LogP contribution in [0.25, 0.3) is 0 Å². The minimum Gasteiger partial charge on any atom is -0.236 e. The third-order valence-corrected chi connectivity index (χ3v) is 2.80. The molecule has 11 heavy (non-hydrogen) atoms. The Morgan fingerprint density at radius 3 is 2.91 bits per heavy atom. The third kappa shape index (κ3) is 0.848. The maximum absolute atomic E-state index is 11.1. The van der Waals surface area contributed by atoms with E-state index in [-0.39, 0.29) is 10.7 Å². The molecule has 4 nitrogen and oxygen atoms in total. The van der Waals surface area contributed by atoms with Crippen molar-refractivity contribution in [1.29, 1.82) is 0 Å². The summed E-state index contributed by atoms with van der Waals surface area (Å²) in [6.07, 6.45) is 4.11. The molecule has 0 atom stereocenters. The Hall–Kier alpha value is -1.23. The van der Waals surface area contributed by atoms with Gasteiger partial charge in [-0.05, 0) is 6.08 Å². The number of aliphatic imine (C=N–C) groups is 2. The average Bonchev–Trinajstić information content (AvgIpc) is 2.34. The van der Waals surface area contributed by atoms with Gasteiger partial charge in [-0.3, -0.25) is 0 Å². The van der Waals surface area contributed by atoms with Crippen LogP contribution in [0.3, 0.4) is 0 Å². The summed E-state index contributed by atoms with van der Waals surface area (Å²) >= 11 is 0. The Kier molecular flexibility index (Phi) is 1.11. The summed E-state index contributed by atoms with van der Waals surface area (Å²) in [5, 5.41) is 1.07. The van der Waals surface area contributed by atoms with Crippen molar-refractivity contribution in [3.05, 3.63) is 22.6 Å². The van der Waals surface area contributed by atoms with Gasteiger partial charge in [-0.2, -0.15) is 0 Å². The zero-order chi connectivity index (χ0) is 7.90. The van der Waals surface area contributed by atoms with Crippen molar-refractivity contribution >= 4 is 21.9 Å². The lowest BCUT2D eigenvalue weighted by molar-refractivity contribution is 0.611. The van der Waals surface area contributed by atoms with Crippen molar-refractivity contribution in [1.82, 2.24) is 0 Å². The van der Waals surface area contributed by atoms with E-state index < -0.39 is 9.84 Å². The molecule has 0 saturated carbocycles. The van der Waals surface area contributed by atoms with E-state index >= 15 is 0 Å². The number of fused-ring (bicyclic) bond motifs is 1. The molecule has 0 N–H and O–H groups in total. The van der Waals surface area contributed by atoms with Gasteiger partial charge in [0, 0.05) is 12.4 Å². The molecule has 0 saturated heterocycles. The first kappa shape index (κ1) is 6.48. The largest absolute Gasteiger partial charge is 0.236 e. The monoisotopic (exact) mass is 168 g/mol. The van der Waals surface area contributed by atoms with Gasteiger partial charge in [0.15, 0.2) is 5.84 Å². The summed E-state index contributed by atoms with van der Waals surface area (Å²) in [7, 11) is -3.24. The molecule has 0 unspecified atom stereocenters. The predicted molar refractivity (Wildman–Crippen MR) is 42.1 cm³/mol. The summed E-state index contributed by atoms with van der Waals surface area (Å²) < 4.78 is 22.3. The molecule has 2 aliphatic rings. The standard InChI is InChI=1S/C6H4N2O2S/c9-11(10)4-3-8-6-5(11)1-2-7-6/h1-4H. The molecule has 0 spiro atoms. The van der Waals surface area contributed by atoms with E-state index in [1.165, 1.54) is 18.5 Å². The lowest BCUT2D eigenvalue weighted by atomic mass is 10.5. The number of hydrogen-bond acceptors (Lipinski definition) is 4. The van der Waals surface area contributed by atoms with Crippen molar-refractivity contribution < 1.29 is 8.42 Å². The molecule has 0 fully saturated rings. The highest BCUT2D eigenvalue weighted by molar-refractivity contribution is 7.99. The average molecular weight is 168 g/mol. The Bertz CT molecular complexity index is 412. The number of sulfone groups is 1. The van der Waals surface area contributed by atoms with Crippen LogP contribution >= 0.6 is 0 Å². The smallest absolute Gasteiger partial charge is 0.205 e. The number of amidine groups is 1. The molecule has 0 aliphatic carbocycles. The zero-order valence-corrected chi connectivity index (χ0v) is 6.25. The highest BCUT2D eigenvalue weighted by atomic mass is 32.2. The predicted octanol–water partition coefficient (Wildman–Crippen LogP) is 0.253. The number of allylic oxidation sites excluding steroid dienone is 1. The van der Waals surface area contributed by atoms with Crippen molar-refractivity contribution in [2.45, 2.75) is 0 Å². The van der Waals surface area contributed by atoms with Gasteiger partial charge in [0.05, 0.1) is 5.41 Å². The Labute approximate surface area is 63.6 Å². The molecule has 0 aromatic heterocycles. The van der Waals surface area contributed by atoms with E-state index in [1.807, 2.05) is 0 Å². The summed E-state index contributed by atoms with van der Waals surface area (Å²) in [5.41, 5.74) is 0. The second-order valence-corrected chi connectivity index (χ2v) is 3.89.